The van der Waals surface area contributed by atoms with Gasteiger partial charge in [-0.1, -0.05) is 29.3 Å². The number of ether oxygens (including phenoxy) is 1. The summed E-state index contributed by atoms with van der Waals surface area (Å²) in [5, 5.41) is 0.361. The van der Waals surface area contributed by atoms with Crippen molar-refractivity contribution >= 4 is 46.6 Å². The van der Waals surface area contributed by atoms with E-state index in [0.717, 1.165) is 6.07 Å². The van der Waals surface area contributed by atoms with Crippen LogP contribution >= 0.6 is 23.2 Å². The first-order chi connectivity index (χ1) is 16.4. The van der Waals surface area contributed by atoms with E-state index in [0.29, 0.717) is 29.8 Å². The lowest BCUT2D eigenvalue weighted by molar-refractivity contribution is -0.120. The number of halogens is 4. The van der Waals surface area contributed by atoms with Gasteiger partial charge in [-0.15, -0.1) is 0 Å². The second-order valence-electron chi connectivity index (χ2n) is 9.53. The van der Waals surface area contributed by atoms with Gasteiger partial charge in [0.15, 0.2) is 0 Å². The van der Waals surface area contributed by atoms with Crippen LogP contribution in [0.25, 0.3) is 0 Å². The normalized spacial score (nSPS) is 16.4. The molecule has 1 unspecified atom stereocenters. The highest BCUT2D eigenvalue weighted by Gasteiger charge is 2.31. The molecule has 1 fully saturated rings. The minimum absolute atomic E-state index is 0.0741. The first-order valence-corrected chi connectivity index (χ1v) is 12.1. The first kappa shape index (κ1) is 27.2. The summed E-state index contributed by atoms with van der Waals surface area (Å²) in [6.45, 7) is 5.89. The molecule has 2 N–H and O–H groups in total. The second-order valence-corrected chi connectivity index (χ2v) is 10.3. The van der Waals surface area contributed by atoms with Crippen molar-refractivity contribution in [2.24, 2.45) is 11.7 Å². The zero-order valence-corrected chi connectivity index (χ0v) is 21.4. The zero-order valence-electron chi connectivity index (χ0n) is 19.9. The maximum absolute atomic E-state index is 14.2. The molecule has 1 heterocycles. The van der Waals surface area contributed by atoms with Gasteiger partial charge in [-0.05, 0) is 63.3 Å². The van der Waals surface area contributed by atoms with Crippen LogP contribution in [-0.2, 0) is 16.0 Å². The molecule has 2 aromatic rings. The van der Waals surface area contributed by atoms with E-state index in [1.54, 1.807) is 32.9 Å². The SMILES string of the molecule is CC(C)(C)OC(=O)N(CCN)c1cc(Cl)c(N2CC(Cc3ccc(F)cc3F)CCC2=O)c(Cl)c1. The molecule has 10 heteroatoms. The van der Waals surface area contributed by atoms with Gasteiger partial charge in [0.1, 0.15) is 17.2 Å². The lowest BCUT2D eigenvalue weighted by atomic mass is 9.90. The highest BCUT2D eigenvalue weighted by Crippen LogP contribution is 2.40. The van der Waals surface area contributed by atoms with Gasteiger partial charge in [-0.3, -0.25) is 9.69 Å². The fourth-order valence-electron chi connectivity index (χ4n) is 4.03. The third-order valence-electron chi connectivity index (χ3n) is 5.58. The Morgan fingerprint density at radius 1 is 1.20 bits per heavy atom. The van der Waals surface area contributed by atoms with Crippen LogP contribution in [0.5, 0.6) is 0 Å². The van der Waals surface area contributed by atoms with Gasteiger partial charge in [0.05, 0.1) is 21.4 Å². The molecule has 0 saturated carbocycles. The quantitative estimate of drug-likeness (QED) is 0.502. The molecule has 190 valence electrons. The third-order valence-corrected chi connectivity index (χ3v) is 6.16. The molecule has 0 aromatic heterocycles. The monoisotopic (exact) mass is 527 g/mol. The average molecular weight is 528 g/mol. The lowest BCUT2D eigenvalue weighted by Gasteiger charge is -2.34. The van der Waals surface area contributed by atoms with Crippen LogP contribution in [0.4, 0.5) is 25.0 Å². The molecular formula is C25H29Cl2F2N3O3. The number of anilines is 2. The Kier molecular flexibility index (Phi) is 8.62. The summed E-state index contributed by atoms with van der Waals surface area (Å²) in [5.41, 5.74) is 6.07. The summed E-state index contributed by atoms with van der Waals surface area (Å²) >= 11 is 13.2. The molecule has 3 rings (SSSR count). The molecule has 35 heavy (non-hydrogen) atoms. The standard InChI is InChI=1S/C25H29Cl2F2N3O3/c1-25(2,3)35-24(34)31(9-8-30)18-12-19(26)23(20(27)13-18)32-14-15(4-7-22(32)33)10-16-5-6-17(28)11-21(16)29/h5-6,11-13,15H,4,7-10,14,30H2,1-3H3. The summed E-state index contributed by atoms with van der Waals surface area (Å²) in [5.74, 6) is -1.49. The van der Waals surface area contributed by atoms with E-state index in [2.05, 4.69) is 0 Å². The Morgan fingerprint density at radius 2 is 1.86 bits per heavy atom. The molecule has 1 aliphatic rings. The highest BCUT2D eigenvalue weighted by atomic mass is 35.5. The van der Waals surface area contributed by atoms with Crippen LogP contribution in [0.1, 0.15) is 39.2 Å². The summed E-state index contributed by atoms with van der Waals surface area (Å²) in [6, 6.07) is 6.57. The molecule has 1 saturated heterocycles. The Hall–Kier alpha value is -2.42. The van der Waals surface area contributed by atoms with Gasteiger partial charge in [0.2, 0.25) is 5.91 Å². The van der Waals surface area contributed by atoms with Crippen molar-refractivity contribution in [2.75, 3.05) is 29.4 Å². The van der Waals surface area contributed by atoms with Crippen LogP contribution in [0, 0.1) is 17.6 Å². The third kappa shape index (κ3) is 6.84. The zero-order chi connectivity index (χ0) is 25.9. The number of nitrogens with two attached hydrogens (primary N) is 1. The van der Waals surface area contributed by atoms with Crippen LogP contribution in [-0.4, -0.2) is 37.2 Å². The number of amides is 2. The smallest absolute Gasteiger partial charge is 0.414 e. The van der Waals surface area contributed by atoms with Crippen molar-refractivity contribution in [3.63, 3.8) is 0 Å². The van der Waals surface area contributed by atoms with Crippen LogP contribution < -0.4 is 15.5 Å². The molecule has 0 aliphatic carbocycles. The summed E-state index contributed by atoms with van der Waals surface area (Å²) in [6.07, 6.45) is 0.534. The van der Waals surface area contributed by atoms with Gasteiger partial charge >= 0.3 is 6.09 Å². The molecule has 2 aromatic carbocycles. The molecule has 0 bridgehead atoms. The predicted molar refractivity (Wildman–Crippen MR) is 134 cm³/mol. The molecule has 6 nitrogen and oxygen atoms in total. The number of carbonyl (C=O) groups excluding carboxylic acids is 2. The molecular weight excluding hydrogens is 499 g/mol. The summed E-state index contributed by atoms with van der Waals surface area (Å²) in [4.78, 5) is 28.3. The Labute approximate surface area is 213 Å². The Bertz CT molecular complexity index is 1080. The van der Waals surface area contributed by atoms with Crippen LogP contribution in [0.2, 0.25) is 10.0 Å². The van der Waals surface area contributed by atoms with Crippen LogP contribution in [0.15, 0.2) is 30.3 Å². The van der Waals surface area contributed by atoms with E-state index in [1.165, 1.54) is 21.9 Å². The maximum atomic E-state index is 14.2. The fourth-order valence-corrected chi connectivity index (χ4v) is 4.71. The number of carbonyl (C=O) groups is 2. The highest BCUT2D eigenvalue weighted by molar-refractivity contribution is 6.40. The van der Waals surface area contributed by atoms with Crippen molar-refractivity contribution in [3.8, 4) is 0 Å². The van der Waals surface area contributed by atoms with E-state index in [4.69, 9.17) is 33.7 Å². The number of benzene rings is 2. The number of piperidine rings is 1. The number of nitrogens with zero attached hydrogens (tertiary/aromatic N) is 2. The molecule has 2 amide bonds. The van der Waals surface area contributed by atoms with Crippen molar-refractivity contribution in [3.05, 3.63) is 57.6 Å². The Balaban J connectivity index is 1.86. The van der Waals surface area contributed by atoms with Crippen molar-refractivity contribution in [1.29, 1.82) is 0 Å². The average Bonchev–Trinajstić information content (AvgIpc) is 2.74. The van der Waals surface area contributed by atoms with Gasteiger partial charge in [0.25, 0.3) is 0 Å². The van der Waals surface area contributed by atoms with E-state index in [9.17, 15) is 18.4 Å². The minimum atomic E-state index is -0.712. The fraction of sp³-hybridized carbons (Fsp3) is 0.440. The number of hydrogen-bond acceptors (Lipinski definition) is 4. The number of hydrogen-bond donors (Lipinski definition) is 1. The summed E-state index contributed by atoms with van der Waals surface area (Å²) < 4.78 is 32.9. The van der Waals surface area contributed by atoms with Gasteiger partial charge < -0.3 is 15.4 Å². The van der Waals surface area contributed by atoms with E-state index in [1.807, 2.05) is 0 Å². The van der Waals surface area contributed by atoms with Gasteiger partial charge in [0, 0.05) is 32.1 Å². The van der Waals surface area contributed by atoms with E-state index in [-0.39, 0.29) is 47.9 Å². The second kappa shape index (κ2) is 11.1. The van der Waals surface area contributed by atoms with E-state index < -0.39 is 23.3 Å². The minimum Gasteiger partial charge on any atom is -0.443 e. The molecule has 0 radical (unpaired) electrons. The molecule has 1 aliphatic heterocycles. The number of rotatable bonds is 6. The largest absolute Gasteiger partial charge is 0.443 e. The topological polar surface area (TPSA) is 75.9 Å². The van der Waals surface area contributed by atoms with Crippen LogP contribution in [0.3, 0.4) is 0 Å². The molecule has 0 spiro atoms. The van der Waals surface area contributed by atoms with E-state index >= 15 is 0 Å². The summed E-state index contributed by atoms with van der Waals surface area (Å²) in [7, 11) is 0. The first-order valence-electron chi connectivity index (χ1n) is 11.3. The predicted octanol–water partition coefficient (Wildman–Crippen LogP) is 5.96. The van der Waals surface area contributed by atoms with Gasteiger partial charge in [-0.25, -0.2) is 13.6 Å². The maximum Gasteiger partial charge on any atom is 0.414 e. The lowest BCUT2D eigenvalue weighted by Crippen LogP contribution is -2.41. The Morgan fingerprint density at radius 3 is 2.43 bits per heavy atom. The van der Waals surface area contributed by atoms with Crippen molar-refractivity contribution in [2.45, 2.75) is 45.6 Å². The molecule has 1 atom stereocenters. The van der Waals surface area contributed by atoms with Crippen molar-refractivity contribution < 1.29 is 23.1 Å². The van der Waals surface area contributed by atoms with Gasteiger partial charge in [-0.2, -0.15) is 0 Å². The van der Waals surface area contributed by atoms with Crippen molar-refractivity contribution in [1.82, 2.24) is 0 Å².